The van der Waals surface area contributed by atoms with Crippen molar-refractivity contribution >= 4 is 40.5 Å². The SMILES string of the molecule is CC(C)CC(NC(=O)C(Cc1c[nH]c2ccccc12)NC(=O)C(N)CC(N)=O)C(=O)NC(Cc1cnc[nH]1)C(=O)O. The molecule has 4 amide bonds. The first-order chi connectivity index (χ1) is 19.4. The monoisotopic (exact) mass is 568 g/mol. The van der Waals surface area contributed by atoms with E-state index in [0.29, 0.717) is 5.69 Å². The number of aromatic amines is 2. The van der Waals surface area contributed by atoms with Crippen molar-refractivity contribution in [3.63, 3.8) is 0 Å². The van der Waals surface area contributed by atoms with Gasteiger partial charge >= 0.3 is 5.97 Å². The van der Waals surface area contributed by atoms with Crippen LogP contribution in [0.15, 0.2) is 43.0 Å². The Kier molecular flexibility index (Phi) is 10.6. The fourth-order valence-electron chi connectivity index (χ4n) is 4.38. The molecule has 2 heterocycles. The number of nitrogens with two attached hydrogens (primary N) is 2. The van der Waals surface area contributed by atoms with Crippen molar-refractivity contribution in [1.82, 2.24) is 30.9 Å². The number of para-hydroxylation sites is 1. The molecule has 0 spiro atoms. The number of aliphatic carboxylic acids is 1. The Morgan fingerprint density at radius 3 is 2.22 bits per heavy atom. The summed E-state index contributed by atoms with van der Waals surface area (Å²) < 4.78 is 0. The van der Waals surface area contributed by atoms with Crippen LogP contribution in [0.2, 0.25) is 0 Å². The molecule has 2 aromatic heterocycles. The summed E-state index contributed by atoms with van der Waals surface area (Å²) >= 11 is 0. The first-order valence-electron chi connectivity index (χ1n) is 13.1. The highest BCUT2D eigenvalue weighted by Gasteiger charge is 2.31. The molecular formula is C27H36N8O6. The molecule has 220 valence electrons. The molecular weight excluding hydrogens is 532 g/mol. The minimum atomic E-state index is -1.28. The number of hydrogen-bond acceptors (Lipinski definition) is 7. The summed E-state index contributed by atoms with van der Waals surface area (Å²) in [6.07, 6.45) is 4.34. The minimum absolute atomic E-state index is 0.0401. The first kappa shape index (κ1) is 30.8. The Labute approximate surface area is 236 Å². The molecule has 0 saturated heterocycles. The molecule has 0 radical (unpaired) electrons. The Morgan fingerprint density at radius 1 is 0.927 bits per heavy atom. The van der Waals surface area contributed by atoms with Crippen LogP contribution in [0.4, 0.5) is 0 Å². The zero-order valence-corrected chi connectivity index (χ0v) is 22.8. The number of imidazole rings is 1. The van der Waals surface area contributed by atoms with Crippen LogP contribution in [0.25, 0.3) is 10.9 Å². The van der Waals surface area contributed by atoms with Gasteiger partial charge in [0, 0.05) is 41.8 Å². The van der Waals surface area contributed by atoms with Crippen LogP contribution >= 0.6 is 0 Å². The van der Waals surface area contributed by atoms with E-state index in [2.05, 4.69) is 30.9 Å². The molecule has 1 aromatic carbocycles. The lowest BCUT2D eigenvalue weighted by atomic mass is 10.00. The van der Waals surface area contributed by atoms with Gasteiger partial charge in [-0.25, -0.2) is 9.78 Å². The van der Waals surface area contributed by atoms with Crippen LogP contribution in [-0.4, -0.2) is 73.8 Å². The predicted molar refractivity (Wildman–Crippen MR) is 149 cm³/mol. The highest BCUT2D eigenvalue weighted by molar-refractivity contribution is 5.95. The lowest BCUT2D eigenvalue weighted by Gasteiger charge is -2.26. The molecule has 0 saturated carbocycles. The van der Waals surface area contributed by atoms with E-state index >= 15 is 0 Å². The predicted octanol–water partition coefficient (Wildman–Crippen LogP) is -0.536. The second kappa shape index (κ2) is 14.1. The molecule has 0 aliphatic rings. The lowest BCUT2D eigenvalue weighted by Crippen LogP contribution is -2.58. The maximum absolute atomic E-state index is 13.6. The number of carbonyl (C=O) groups is 5. The van der Waals surface area contributed by atoms with E-state index in [-0.39, 0.29) is 25.2 Å². The third kappa shape index (κ3) is 8.89. The average molecular weight is 569 g/mol. The lowest BCUT2D eigenvalue weighted by molar-refractivity contribution is -0.142. The van der Waals surface area contributed by atoms with E-state index in [1.807, 2.05) is 38.1 Å². The maximum Gasteiger partial charge on any atom is 0.326 e. The number of nitrogens with zero attached hydrogens (tertiary/aromatic N) is 1. The average Bonchev–Trinajstić information content (AvgIpc) is 3.56. The Morgan fingerprint density at radius 2 is 1.59 bits per heavy atom. The standard InChI is InChI=1S/C27H36N8O6/c1-14(2)7-20(25(38)35-22(27(40)41)9-16-12-30-13-32-16)34-26(39)21(33-24(37)18(28)10-23(29)36)8-15-11-31-19-6-4-3-5-17(15)19/h3-6,11-14,18,20-22,31H,7-10,28H2,1-2H3,(H2,29,36)(H,30,32)(H,33,37)(H,34,39)(H,35,38)(H,40,41). The third-order valence-corrected chi connectivity index (χ3v) is 6.42. The van der Waals surface area contributed by atoms with Crippen molar-refractivity contribution in [3.05, 3.63) is 54.2 Å². The van der Waals surface area contributed by atoms with E-state index in [9.17, 15) is 29.1 Å². The topological polar surface area (TPSA) is 238 Å². The molecule has 0 fully saturated rings. The van der Waals surface area contributed by atoms with Gasteiger partial charge in [0.15, 0.2) is 0 Å². The Hall–Kier alpha value is -4.72. The van der Waals surface area contributed by atoms with Crippen LogP contribution in [-0.2, 0) is 36.8 Å². The molecule has 14 heteroatoms. The van der Waals surface area contributed by atoms with Crippen molar-refractivity contribution in [2.75, 3.05) is 0 Å². The second-order valence-electron chi connectivity index (χ2n) is 10.3. The van der Waals surface area contributed by atoms with Crippen LogP contribution in [0.5, 0.6) is 0 Å². The fraction of sp³-hybridized carbons (Fsp3) is 0.407. The Balaban J connectivity index is 1.82. The number of fused-ring (bicyclic) bond motifs is 1. The zero-order chi connectivity index (χ0) is 30.1. The molecule has 0 aliphatic heterocycles. The maximum atomic E-state index is 13.6. The van der Waals surface area contributed by atoms with E-state index in [1.165, 1.54) is 12.5 Å². The van der Waals surface area contributed by atoms with Gasteiger partial charge in [0.05, 0.1) is 18.8 Å². The van der Waals surface area contributed by atoms with Crippen LogP contribution in [0, 0.1) is 5.92 Å². The molecule has 3 rings (SSSR count). The number of amides is 4. The highest BCUT2D eigenvalue weighted by Crippen LogP contribution is 2.19. The molecule has 3 aromatic rings. The minimum Gasteiger partial charge on any atom is -0.480 e. The van der Waals surface area contributed by atoms with Crippen molar-refractivity contribution in [1.29, 1.82) is 0 Å². The summed E-state index contributed by atoms with van der Waals surface area (Å²) in [5.41, 5.74) is 13.0. The molecule has 41 heavy (non-hydrogen) atoms. The van der Waals surface area contributed by atoms with Gasteiger partial charge in [-0.05, 0) is 24.0 Å². The van der Waals surface area contributed by atoms with Crippen molar-refractivity contribution < 1.29 is 29.1 Å². The Bertz CT molecular complexity index is 1370. The summed E-state index contributed by atoms with van der Waals surface area (Å²) in [6, 6.07) is 2.57. The normalized spacial score (nSPS) is 14.1. The van der Waals surface area contributed by atoms with Crippen molar-refractivity contribution in [2.24, 2.45) is 17.4 Å². The highest BCUT2D eigenvalue weighted by atomic mass is 16.4. The number of H-pyrrole nitrogens is 2. The van der Waals surface area contributed by atoms with E-state index in [0.717, 1.165) is 16.5 Å². The molecule has 10 N–H and O–H groups in total. The van der Waals surface area contributed by atoms with Gasteiger partial charge in [0.25, 0.3) is 0 Å². The number of carboxylic acid groups (broad SMARTS) is 1. The molecule has 0 bridgehead atoms. The molecule has 0 aliphatic carbocycles. The van der Waals surface area contributed by atoms with Gasteiger partial charge in [0.1, 0.15) is 18.1 Å². The van der Waals surface area contributed by atoms with Gasteiger partial charge in [0.2, 0.25) is 23.6 Å². The second-order valence-corrected chi connectivity index (χ2v) is 10.3. The number of aromatic nitrogens is 3. The number of primary amides is 1. The fourth-order valence-corrected chi connectivity index (χ4v) is 4.38. The first-order valence-corrected chi connectivity index (χ1v) is 13.1. The van der Waals surface area contributed by atoms with Gasteiger partial charge < -0.3 is 42.5 Å². The number of benzene rings is 1. The van der Waals surface area contributed by atoms with Crippen LogP contribution < -0.4 is 27.4 Å². The van der Waals surface area contributed by atoms with Crippen LogP contribution in [0.3, 0.4) is 0 Å². The molecule has 14 nitrogen and oxygen atoms in total. The van der Waals surface area contributed by atoms with Crippen molar-refractivity contribution in [2.45, 2.75) is 63.7 Å². The van der Waals surface area contributed by atoms with Crippen molar-refractivity contribution in [3.8, 4) is 0 Å². The van der Waals surface area contributed by atoms with Gasteiger partial charge in [-0.1, -0.05) is 32.0 Å². The molecule has 4 atom stereocenters. The third-order valence-electron chi connectivity index (χ3n) is 6.42. The number of hydrogen-bond donors (Lipinski definition) is 8. The quantitative estimate of drug-likeness (QED) is 0.118. The van der Waals surface area contributed by atoms with E-state index < -0.39 is 60.2 Å². The summed E-state index contributed by atoms with van der Waals surface area (Å²) in [5.74, 6) is -4.22. The zero-order valence-electron chi connectivity index (χ0n) is 22.8. The molecule has 4 unspecified atom stereocenters. The van der Waals surface area contributed by atoms with E-state index in [4.69, 9.17) is 11.5 Å². The summed E-state index contributed by atoms with van der Waals surface area (Å²) in [7, 11) is 0. The largest absolute Gasteiger partial charge is 0.480 e. The number of carbonyl (C=O) groups excluding carboxylic acids is 4. The van der Waals surface area contributed by atoms with Gasteiger partial charge in [-0.2, -0.15) is 0 Å². The smallest absolute Gasteiger partial charge is 0.326 e. The van der Waals surface area contributed by atoms with E-state index in [1.54, 1.807) is 6.20 Å². The van der Waals surface area contributed by atoms with Gasteiger partial charge in [-0.3, -0.25) is 19.2 Å². The summed E-state index contributed by atoms with van der Waals surface area (Å²) in [4.78, 5) is 72.5. The number of nitrogens with one attached hydrogen (secondary N) is 5. The van der Waals surface area contributed by atoms with Crippen LogP contribution in [0.1, 0.15) is 37.9 Å². The number of carboxylic acids is 1. The summed E-state index contributed by atoms with van der Waals surface area (Å²) in [5, 5.41) is 18.2. The number of rotatable bonds is 15. The summed E-state index contributed by atoms with van der Waals surface area (Å²) in [6.45, 7) is 3.69. The van der Waals surface area contributed by atoms with Gasteiger partial charge in [-0.15, -0.1) is 0 Å².